The second-order valence-corrected chi connectivity index (χ2v) is 4.36. The topological polar surface area (TPSA) is 127 Å². The van der Waals surface area contributed by atoms with Crippen LogP contribution in [-0.2, 0) is 9.53 Å². The third-order valence-electron chi connectivity index (χ3n) is 2.64. The zero-order valence-electron chi connectivity index (χ0n) is 12.4. The summed E-state index contributed by atoms with van der Waals surface area (Å²) < 4.78 is 9.63. The zero-order valence-corrected chi connectivity index (χ0v) is 12.4. The van der Waals surface area contributed by atoms with Crippen LogP contribution in [0, 0.1) is 0 Å². The van der Waals surface area contributed by atoms with Crippen LogP contribution in [0.4, 0.5) is 0 Å². The van der Waals surface area contributed by atoms with Gasteiger partial charge in [0.05, 0.1) is 17.7 Å². The lowest BCUT2D eigenvalue weighted by atomic mass is 9.99. The molecule has 1 aromatic rings. The molecule has 0 saturated heterocycles. The lowest BCUT2D eigenvalue weighted by molar-refractivity contribution is -0.130. The number of ether oxygens (including phenoxy) is 2. The van der Waals surface area contributed by atoms with Crippen LogP contribution < -0.4 is 4.74 Å². The Hall–Kier alpha value is -3.16. The number of carbonyl (C=O) groups excluding carboxylic acids is 2. The van der Waals surface area contributed by atoms with E-state index in [1.54, 1.807) is 0 Å². The van der Waals surface area contributed by atoms with E-state index in [1.807, 2.05) is 0 Å². The highest BCUT2D eigenvalue weighted by molar-refractivity contribution is 6.11. The van der Waals surface area contributed by atoms with Crippen molar-refractivity contribution in [2.75, 3.05) is 6.61 Å². The summed E-state index contributed by atoms with van der Waals surface area (Å²) in [5.41, 5.74) is -2.08. The summed E-state index contributed by atoms with van der Waals surface area (Å²) in [6.07, 6.45) is 0. The standard InChI is InChI=1S/C15H14O8/c1-4-22-15(21)11-9(23-14(20)7(2)3)6-5-8(12(16)17)10(11)13(18)19/h5-6H,2,4H2,1,3H3,(H,16,17)(H,18,19). The molecule has 122 valence electrons. The van der Waals surface area contributed by atoms with Gasteiger partial charge in [0.1, 0.15) is 11.3 Å². The molecule has 0 heterocycles. The van der Waals surface area contributed by atoms with Gasteiger partial charge in [0.2, 0.25) is 0 Å². The average molecular weight is 322 g/mol. The van der Waals surface area contributed by atoms with Gasteiger partial charge in [-0.25, -0.2) is 19.2 Å². The van der Waals surface area contributed by atoms with Crippen molar-refractivity contribution in [3.05, 3.63) is 41.0 Å². The van der Waals surface area contributed by atoms with Gasteiger partial charge in [-0.1, -0.05) is 6.58 Å². The molecule has 0 radical (unpaired) electrons. The fourth-order valence-electron chi connectivity index (χ4n) is 1.66. The number of carbonyl (C=O) groups is 4. The Morgan fingerprint density at radius 1 is 1.09 bits per heavy atom. The number of hydrogen-bond donors (Lipinski definition) is 2. The molecule has 0 fully saturated rings. The average Bonchev–Trinajstić information content (AvgIpc) is 2.46. The highest BCUT2D eigenvalue weighted by Gasteiger charge is 2.30. The van der Waals surface area contributed by atoms with E-state index >= 15 is 0 Å². The number of aromatic carboxylic acids is 2. The van der Waals surface area contributed by atoms with Gasteiger partial charge < -0.3 is 19.7 Å². The monoisotopic (exact) mass is 322 g/mol. The molecular weight excluding hydrogens is 308 g/mol. The first-order valence-electron chi connectivity index (χ1n) is 6.39. The smallest absolute Gasteiger partial charge is 0.342 e. The molecule has 0 aromatic heterocycles. The normalized spacial score (nSPS) is 9.83. The van der Waals surface area contributed by atoms with Crippen molar-refractivity contribution in [2.24, 2.45) is 0 Å². The lowest BCUT2D eigenvalue weighted by Gasteiger charge is -2.13. The van der Waals surface area contributed by atoms with E-state index in [-0.39, 0.29) is 12.2 Å². The Labute approximate surface area is 130 Å². The van der Waals surface area contributed by atoms with E-state index < -0.39 is 46.3 Å². The van der Waals surface area contributed by atoms with Crippen LogP contribution in [0.15, 0.2) is 24.3 Å². The molecule has 0 atom stereocenters. The molecule has 0 saturated carbocycles. The predicted molar refractivity (Wildman–Crippen MR) is 76.8 cm³/mol. The second kappa shape index (κ2) is 7.21. The molecule has 2 N–H and O–H groups in total. The third kappa shape index (κ3) is 3.94. The fourth-order valence-corrected chi connectivity index (χ4v) is 1.66. The van der Waals surface area contributed by atoms with Crippen molar-refractivity contribution in [3.63, 3.8) is 0 Å². The van der Waals surface area contributed by atoms with Crippen molar-refractivity contribution in [1.29, 1.82) is 0 Å². The van der Waals surface area contributed by atoms with Crippen molar-refractivity contribution in [1.82, 2.24) is 0 Å². The number of esters is 2. The summed E-state index contributed by atoms with van der Waals surface area (Å²) in [6.45, 7) is 6.13. The Bertz CT molecular complexity index is 702. The summed E-state index contributed by atoms with van der Waals surface area (Å²) in [5.74, 6) is -5.64. The Morgan fingerprint density at radius 2 is 1.70 bits per heavy atom. The molecular formula is C15H14O8. The van der Waals surface area contributed by atoms with E-state index in [4.69, 9.17) is 14.6 Å². The predicted octanol–water partition coefficient (Wildman–Crippen LogP) is 1.74. The Morgan fingerprint density at radius 3 is 2.13 bits per heavy atom. The molecule has 0 aliphatic rings. The van der Waals surface area contributed by atoms with Gasteiger partial charge >= 0.3 is 23.9 Å². The highest BCUT2D eigenvalue weighted by Crippen LogP contribution is 2.28. The molecule has 0 bridgehead atoms. The molecule has 1 aromatic carbocycles. The molecule has 0 amide bonds. The van der Waals surface area contributed by atoms with Gasteiger partial charge in [0, 0.05) is 5.57 Å². The number of benzene rings is 1. The van der Waals surface area contributed by atoms with Crippen LogP contribution in [0.25, 0.3) is 0 Å². The SMILES string of the molecule is C=C(C)C(=O)Oc1ccc(C(=O)O)c(C(=O)O)c1C(=O)OCC. The third-order valence-corrected chi connectivity index (χ3v) is 2.64. The maximum Gasteiger partial charge on any atom is 0.342 e. The van der Waals surface area contributed by atoms with Gasteiger partial charge in [-0.05, 0) is 26.0 Å². The van der Waals surface area contributed by atoms with Crippen molar-refractivity contribution in [2.45, 2.75) is 13.8 Å². The number of hydrogen-bond acceptors (Lipinski definition) is 6. The molecule has 23 heavy (non-hydrogen) atoms. The summed E-state index contributed by atoms with van der Waals surface area (Å²) in [6, 6.07) is 1.94. The van der Waals surface area contributed by atoms with Crippen LogP contribution in [-0.4, -0.2) is 40.7 Å². The largest absolute Gasteiger partial charge is 0.478 e. The number of carboxylic acids is 2. The van der Waals surface area contributed by atoms with Gasteiger partial charge in [-0.3, -0.25) is 0 Å². The molecule has 8 heteroatoms. The summed E-state index contributed by atoms with van der Waals surface area (Å²) in [5, 5.41) is 18.3. The van der Waals surface area contributed by atoms with E-state index in [2.05, 4.69) is 6.58 Å². The lowest BCUT2D eigenvalue weighted by Crippen LogP contribution is -2.20. The fraction of sp³-hybridized carbons (Fsp3) is 0.200. The first kappa shape index (κ1) is 17.9. The molecule has 0 aliphatic heterocycles. The second-order valence-electron chi connectivity index (χ2n) is 4.36. The van der Waals surface area contributed by atoms with E-state index in [9.17, 15) is 24.3 Å². The molecule has 8 nitrogen and oxygen atoms in total. The van der Waals surface area contributed by atoms with Crippen molar-refractivity contribution in [3.8, 4) is 5.75 Å². The molecule has 0 spiro atoms. The zero-order chi connectivity index (χ0) is 17.7. The van der Waals surface area contributed by atoms with E-state index in [0.29, 0.717) is 0 Å². The van der Waals surface area contributed by atoms with Crippen LogP contribution in [0.5, 0.6) is 5.75 Å². The van der Waals surface area contributed by atoms with Gasteiger partial charge in [0.25, 0.3) is 0 Å². The van der Waals surface area contributed by atoms with Gasteiger partial charge in [-0.15, -0.1) is 0 Å². The Kier molecular flexibility index (Phi) is 5.61. The molecule has 0 aliphatic carbocycles. The van der Waals surface area contributed by atoms with Crippen LogP contribution in [0.3, 0.4) is 0 Å². The summed E-state index contributed by atoms with van der Waals surface area (Å²) >= 11 is 0. The quantitative estimate of drug-likeness (QED) is 0.460. The minimum Gasteiger partial charge on any atom is -0.478 e. The highest BCUT2D eigenvalue weighted by atomic mass is 16.5. The van der Waals surface area contributed by atoms with Crippen molar-refractivity contribution < 1.29 is 38.9 Å². The van der Waals surface area contributed by atoms with Gasteiger partial charge in [-0.2, -0.15) is 0 Å². The maximum absolute atomic E-state index is 12.0. The minimum atomic E-state index is -1.67. The number of rotatable bonds is 6. The van der Waals surface area contributed by atoms with E-state index in [1.165, 1.54) is 13.8 Å². The first-order valence-corrected chi connectivity index (χ1v) is 6.39. The van der Waals surface area contributed by atoms with Crippen LogP contribution in [0.1, 0.15) is 44.9 Å². The van der Waals surface area contributed by atoms with Crippen LogP contribution in [0.2, 0.25) is 0 Å². The maximum atomic E-state index is 12.0. The van der Waals surface area contributed by atoms with E-state index in [0.717, 1.165) is 12.1 Å². The number of carboxylic acid groups (broad SMARTS) is 2. The molecule has 0 unspecified atom stereocenters. The Balaban J connectivity index is 3.63. The van der Waals surface area contributed by atoms with Gasteiger partial charge in [0.15, 0.2) is 0 Å². The van der Waals surface area contributed by atoms with Crippen LogP contribution >= 0.6 is 0 Å². The minimum absolute atomic E-state index is 0.0130. The first-order chi connectivity index (χ1) is 10.7. The summed E-state index contributed by atoms with van der Waals surface area (Å²) in [7, 11) is 0. The summed E-state index contributed by atoms with van der Waals surface area (Å²) in [4.78, 5) is 46.2. The van der Waals surface area contributed by atoms with Crippen molar-refractivity contribution >= 4 is 23.9 Å². The molecule has 1 rings (SSSR count).